The average molecular weight is 400 g/mol. The van der Waals surface area contributed by atoms with Gasteiger partial charge in [0, 0.05) is 24.8 Å². The van der Waals surface area contributed by atoms with Gasteiger partial charge in [0.1, 0.15) is 5.75 Å². The van der Waals surface area contributed by atoms with Gasteiger partial charge < -0.3 is 20.1 Å². The largest absolute Gasteiger partial charge is 0.494 e. The van der Waals surface area contributed by atoms with Gasteiger partial charge in [-0.05, 0) is 55.9 Å². The van der Waals surface area contributed by atoms with Crippen LogP contribution in [0.1, 0.15) is 25.5 Å². The maximum absolute atomic E-state index is 5.57. The van der Waals surface area contributed by atoms with E-state index in [9.17, 15) is 0 Å². The Morgan fingerprint density at radius 3 is 2.43 bits per heavy atom. The van der Waals surface area contributed by atoms with Crippen LogP contribution in [0.5, 0.6) is 5.75 Å². The quantitative estimate of drug-likeness (QED) is 0.690. The van der Waals surface area contributed by atoms with Crippen LogP contribution in [-0.2, 0) is 4.74 Å². The monoisotopic (exact) mass is 399 g/mol. The lowest BCUT2D eigenvalue weighted by atomic mass is 9.98. The number of nitrogens with one attached hydrogen (secondary N) is 2. The maximum Gasteiger partial charge on any atom is 0.171 e. The molecule has 3 rings (SSSR count). The summed E-state index contributed by atoms with van der Waals surface area (Å²) in [5, 5.41) is 7.36. The molecule has 2 N–H and O–H groups in total. The highest BCUT2D eigenvalue weighted by molar-refractivity contribution is 7.80. The summed E-state index contributed by atoms with van der Waals surface area (Å²) in [6, 6.07) is 18.8. The first-order valence-corrected chi connectivity index (χ1v) is 10.3. The number of ether oxygens (including phenoxy) is 2. The van der Waals surface area contributed by atoms with Crippen LogP contribution in [0.4, 0.5) is 5.69 Å². The first kappa shape index (κ1) is 20.6. The van der Waals surface area contributed by atoms with Crippen molar-refractivity contribution in [3.8, 4) is 5.75 Å². The molecule has 28 heavy (non-hydrogen) atoms. The van der Waals surface area contributed by atoms with E-state index in [4.69, 9.17) is 21.7 Å². The minimum Gasteiger partial charge on any atom is -0.494 e. The fourth-order valence-electron chi connectivity index (χ4n) is 3.58. The Balaban J connectivity index is 1.65. The van der Waals surface area contributed by atoms with Crippen molar-refractivity contribution in [3.05, 3.63) is 60.2 Å². The van der Waals surface area contributed by atoms with E-state index in [0.29, 0.717) is 11.7 Å². The molecule has 1 saturated heterocycles. The molecule has 2 aromatic carbocycles. The van der Waals surface area contributed by atoms with E-state index in [1.807, 2.05) is 31.2 Å². The lowest BCUT2D eigenvalue weighted by molar-refractivity contribution is 0.0102. The lowest BCUT2D eigenvalue weighted by Gasteiger charge is -2.38. The predicted molar refractivity (Wildman–Crippen MR) is 118 cm³/mol. The number of morpholine rings is 1. The number of rotatable bonds is 7. The molecule has 2 atom stereocenters. The van der Waals surface area contributed by atoms with Crippen LogP contribution in [0, 0.1) is 0 Å². The van der Waals surface area contributed by atoms with E-state index in [2.05, 4.69) is 52.8 Å². The van der Waals surface area contributed by atoms with Gasteiger partial charge in [0.15, 0.2) is 5.11 Å². The second-order valence-corrected chi connectivity index (χ2v) is 7.26. The van der Waals surface area contributed by atoms with Gasteiger partial charge in [-0.1, -0.05) is 30.3 Å². The average Bonchev–Trinajstić information content (AvgIpc) is 2.71. The first-order valence-electron chi connectivity index (χ1n) is 9.84. The summed E-state index contributed by atoms with van der Waals surface area (Å²) in [6.45, 7) is 8.20. The van der Waals surface area contributed by atoms with E-state index in [1.165, 1.54) is 5.56 Å². The van der Waals surface area contributed by atoms with Gasteiger partial charge in [-0.25, -0.2) is 0 Å². The molecule has 6 heteroatoms. The molecular weight excluding hydrogens is 370 g/mol. The van der Waals surface area contributed by atoms with E-state index >= 15 is 0 Å². The molecule has 2 aromatic rings. The molecule has 0 saturated carbocycles. The zero-order valence-electron chi connectivity index (χ0n) is 16.6. The molecule has 0 radical (unpaired) electrons. The number of nitrogens with zero attached hydrogens (tertiary/aromatic N) is 1. The van der Waals surface area contributed by atoms with Crippen molar-refractivity contribution in [1.29, 1.82) is 0 Å². The van der Waals surface area contributed by atoms with Crippen LogP contribution >= 0.6 is 12.2 Å². The summed E-state index contributed by atoms with van der Waals surface area (Å²) in [4.78, 5) is 2.47. The Bertz CT molecular complexity index is 733. The lowest BCUT2D eigenvalue weighted by Crippen LogP contribution is -2.49. The molecule has 1 aliphatic heterocycles. The molecule has 1 fully saturated rings. The predicted octanol–water partition coefficient (Wildman–Crippen LogP) is 3.83. The van der Waals surface area contributed by atoms with Crippen molar-refractivity contribution in [1.82, 2.24) is 10.2 Å². The normalized spacial score (nSPS) is 16.8. The first-order chi connectivity index (χ1) is 13.7. The van der Waals surface area contributed by atoms with Gasteiger partial charge in [-0.15, -0.1) is 0 Å². The van der Waals surface area contributed by atoms with Crippen molar-refractivity contribution in [2.45, 2.75) is 25.9 Å². The topological polar surface area (TPSA) is 45.8 Å². The highest BCUT2D eigenvalue weighted by atomic mass is 32.1. The summed E-state index contributed by atoms with van der Waals surface area (Å²) in [5.41, 5.74) is 2.23. The summed E-state index contributed by atoms with van der Waals surface area (Å²) in [7, 11) is 0. The highest BCUT2D eigenvalue weighted by Gasteiger charge is 2.28. The highest BCUT2D eigenvalue weighted by Crippen LogP contribution is 2.25. The van der Waals surface area contributed by atoms with Crippen LogP contribution in [0.25, 0.3) is 0 Å². The zero-order chi connectivity index (χ0) is 19.8. The maximum atomic E-state index is 5.57. The van der Waals surface area contributed by atoms with Crippen LogP contribution < -0.4 is 15.4 Å². The van der Waals surface area contributed by atoms with Crippen molar-refractivity contribution < 1.29 is 9.47 Å². The molecule has 150 valence electrons. The SMILES string of the molecule is CCOc1ccc(NC(=S)N[C@@H](C)[C@H](c2ccccc2)N2CCOCC2)cc1. The zero-order valence-corrected chi connectivity index (χ0v) is 17.4. The van der Waals surface area contributed by atoms with Gasteiger partial charge >= 0.3 is 0 Å². The Kier molecular flexibility index (Phi) is 7.65. The van der Waals surface area contributed by atoms with Gasteiger partial charge in [-0.3, -0.25) is 4.90 Å². The summed E-state index contributed by atoms with van der Waals surface area (Å²) >= 11 is 5.57. The number of hydrogen-bond acceptors (Lipinski definition) is 4. The minimum absolute atomic E-state index is 0.142. The van der Waals surface area contributed by atoms with E-state index in [-0.39, 0.29) is 12.1 Å². The van der Waals surface area contributed by atoms with Crippen LogP contribution in [0.2, 0.25) is 0 Å². The van der Waals surface area contributed by atoms with Gasteiger partial charge in [0.05, 0.1) is 25.9 Å². The van der Waals surface area contributed by atoms with Crippen molar-refractivity contribution in [2.24, 2.45) is 0 Å². The minimum atomic E-state index is 0.142. The molecule has 0 unspecified atom stereocenters. The Morgan fingerprint density at radius 1 is 1.11 bits per heavy atom. The third-order valence-corrected chi connectivity index (χ3v) is 5.06. The Labute approximate surface area is 173 Å². The fraction of sp³-hybridized carbons (Fsp3) is 0.409. The van der Waals surface area contributed by atoms with Crippen molar-refractivity contribution >= 4 is 23.0 Å². The van der Waals surface area contributed by atoms with Crippen molar-refractivity contribution in [2.75, 3.05) is 38.2 Å². The van der Waals surface area contributed by atoms with Gasteiger partial charge in [-0.2, -0.15) is 0 Å². The Morgan fingerprint density at radius 2 is 1.79 bits per heavy atom. The summed E-state index contributed by atoms with van der Waals surface area (Å²) in [5.74, 6) is 0.858. The van der Waals surface area contributed by atoms with Crippen molar-refractivity contribution in [3.63, 3.8) is 0 Å². The van der Waals surface area contributed by atoms with E-state index in [1.54, 1.807) is 0 Å². The molecule has 1 heterocycles. The number of hydrogen-bond donors (Lipinski definition) is 2. The van der Waals surface area contributed by atoms with Crippen LogP contribution in [-0.4, -0.2) is 49.0 Å². The third kappa shape index (κ3) is 5.67. The molecule has 1 aliphatic rings. The molecule has 0 spiro atoms. The number of anilines is 1. The van der Waals surface area contributed by atoms with Crippen LogP contribution in [0.15, 0.2) is 54.6 Å². The number of thiocarbonyl (C=S) groups is 1. The second-order valence-electron chi connectivity index (χ2n) is 6.85. The molecule has 0 aliphatic carbocycles. The van der Waals surface area contributed by atoms with E-state index < -0.39 is 0 Å². The molecular formula is C22H29N3O2S. The second kappa shape index (κ2) is 10.4. The Hall–Kier alpha value is -2.15. The van der Waals surface area contributed by atoms with E-state index in [0.717, 1.165) is 37.7 Å². The number of benzene rings is 2. The standard InChI is InChI=1S/C22H29N3O2S/c1-3-27-20-11-9-19(10-12-20)24-22(28)23-17(2)21(18-7-5-4-6-8-18)25-13-15-26-16-14-25/h4-12,17,21H,3,13-16H2,1-2H3,(H2,23,24,28)/t17-,21+/m0/s1. The summed E-state index contributed by atoms with van der Waals surface area (Å²) in [6.07, 6.45) is 0. The smallest absolute Gasteiger partial charge is 0.171 e. The molecule has 0 amide bonds. The molecule has 0 aromatic heterocycles. The van der Waals surface area contributed by atoms with Crippen LogP contribution in [0.3, 0.4) is 0 Å². The summed E-state index contributed by atoms with van der Waals surface area (Å²) < 4.78 is 11.0. The van der Waals surface area contributed by atoms with Gasteiger partial charge in [0.25, 0.3) is 0 Å². The molecule has 5 nitrogen and oxygen atoms in total. The fourth-order valence-corrected chi connectivity index (χ4v) is 3.88. The third-order valence-electron chi connectivity index (χ3n) is 4.84. The molecule has 0 bridgehead atoms. The van der Waals surface area contributed by atoms with Gasteiger partial charge in [0.2, 0.25) is 0 Å².